The van der Waals surface area contributed by atoms with E-state index in [1.54, 1.807) is 6.92 Å². The SMILES string of the molecule is CC(C)OCC12COCC([C@H](C)O1)[C@H]2OP(=O)([O-])OCC12COCC([C@H](C)O1)[C@H]2OP(=O)([O-])OCC12COCC([C@H](C)O1)[C@H]2OC(C)C. The van der Waals surface area contributed by atoms with Crippen molar-refractivity contribution < 1.29 is 74.9 Å². The van der Waals surface area contributed by atoms with Gasteiger partial charge in [0.2, 0.25) is 0 Å². The molecule has 6 aliphatic rings. The highest BCUT2D eigenvalue weighted by atomic mass is 31.2. The number of ether oxygens (including phenoxy) is 8. The Hall–Kier alpha value is -0.100. The van der Waals surface area contributed by atoms with E-state index < -0.39 is 76.0 Å². The quantitative estimate of drug-likeness (QED) is 0.219. The molecule has 0 amide bonds. The van der Waals surface area contributed by atoms with Crippen LogP contribution in [0.15, 0.2) is 0 Å². The standard InChI is InChI=1S/C30H52O16P2/c1-17(2)38-14-28-11-36-9-23(20(6)42-28)26(28)45-48(33,34)40-16-30-13-37-10-24(21(7)44-30)27(30)46-47(31,32)39-15-29-12-35-8-22(19(5)43-29)25(29)41-18(3)4/h17-27H,8-16H2,1-7H3,(H,31,32)(H,33,34)/p-2/t19-,20-,21-,22?,23?,24?,25+,26+,27+,28?,29?,30?/m0/s1. The number of fused-ring (bicyclic) bond motifs is 6. The molecule has 6 rings (SSSR count). The van der Waals surface area contributed by atoms with Gasteiger partial charge in [-0.15, -0.1) is 0 Å². The van der Waals surface area contributed by atoms with E-state index in [2.05, 4.69) is 0 Å². The number of hydrogen-bond acceptors (Lipinski definition) is 16. The van der Waals surface area contributed by atoms with Gasteiger partial charge in [0.1, 0.15) is 29.0 Å². The molecular weight excluding hydrogens is 678 g/mol. The van der Waals surface area contributed by atoms with Gasteiger partial charge in [-0.3, -0.25) is 9.13 Å². The molecular formula is C30H50O16P2-2. The summed E-state index contributed by atoms with van der Waals surface area (Å²) in [6.07, 6.45) is -3.92. The highest BCUT2D eigenvalue weighted by molar-refractivity contribution is 7.46. The molecule has 0 N–H and O–H groups in total. The van der Waals surface area contributed by atoms with E-state index in [4.69, 9.17) is 56.0 Å². The fraction of sp³-hybridized carbons (Fsp3) is 1.00. The van der Waals surface area contributed by atoms with Crippen molar-refractivity contribution in [2.75, 3.05) is 59.5 Å². The van der Waals surface area contributed by atoms with Gasteiger partial charge in [-0.25, -0.2) is 0 Å². The van der Waals surface area contributed by atoms with Crippen LogP contribution in [0.25, 0.3) is 0 Å². The molecule has 6 heterocycles. The molecule has 6 bridgehead atoms. The van der Waals surface area contributed by atoms with Gasteiger partial charge in [-0.1, -0.05) is 0 Å². The average Bonchev–Trinajstić information content (AvgIpc) is 3.28. The molecule has 8 unspecified atom stereocenters. The van der Waals surface area contributed by atoms with Crippen LogP contribution in [0.5, 0.6) is 0 Å². The molecule has 6 aliphatic heterocycles. The molecule has 14 atom stereocenters. The lowest BCUT2D eigenvalue weighted by Crippen LogP contribution is -2.56. The molecule has 48 heavy (non-hydrogen) atoms. The lowest BCUT2D eigenvalue weighted by molar-refractivity contribution is -0.259. The monoisotopic (exact) mass is 728 g/mol. The first kappa shape index (κ1) is 37.7. The fourth-order valence-corrected chi connectivity index (χ4v) is 10.1. The Morgan fingerprint density at radius 1 is 0.625 bits per heavy atom. The highest BCUT2D eigenvalue weighted by Crippen LogP contribution is 2.55. The second-order valence-electron chi connectivity index (χ2n) is 14.7. The summed E-state index contributed by atoms with van der Waals surface area (Å²) in [6, 6.07) is 0. The van der Waals surface area contributed by atoms with Crippen LogP contribution in [0, 0.1) is 17.8 Å². The van der Waals surface area contributed by atoms with Gasteiger partial charge in [0.05, 0.1) is 96.1 Å². The van der Waals surface area contributed by atoms with E-state index in [0.29, 0.717) is 6.61 Å². The van der Waals surface area contributed by atoms with Crippen LogP contribution >= 0.6 is 15.6 Å². The summed E-state index contributed by atoms with van der Waals surface area (Å²) in [5.74, 6) is -1.03. The topological polar surface area (TPSA) is 191 Å². The van der Waals surface area contributed by atoms with Crippen molar-refractivity contribution in [1.82, 2.24) is 0 Å². The molecule has 0 radical (unpaired) electrons. The molecule has 0 saturated carbocycles. The van der Waals surface area contributed by atoms with Crippen LogP contribution in [0.1, 0.15) is 48.5 Å². The minimum absolute atomic E-state index is 0.0628. The van der Waals surface area contributed by atoms with Gasteiger partial charge in [-0.2, -0.15) is 0 Å². The van der Waals surface area contributed by atoms with Crippen molar-refractivity contribution in [2.45, 2.75) is 114 Å². The summed E-state index contributed by atoms with van der Waals surface area (Å²) in [6.45, 7) is 12.8. The molecule has 0 aromatic carbocycles. The summed E-state index contributed by atoms with van der Waals surface area (Å²) in [5.41, 5.74) is -3.89. The third kappa shape index (κ3) is 7.39. The maximum Gasteiger partial charge on any atom is 0.268 e. The molecule has 0 spiro atoms. The fourth-order valence-electron chi connectivity index (χ4n) is 7.97. The minimum Gasteiger partial charge on any atom is -0.756 e. The first-order valence-electron chi connectivity index (χ1n) is 16.8. The van der Waals surface area contributed by atoms with E-state index in [0.717, 1.165) is 0 Å². The summed E-state index contributed by atoms with van der Waals surface area (Å²) >= 11 is 0. The molecule has 0 aromatic heterocycles. The Labute approximate surface area is 281 Å². The smallest absolute Gasteiger partial charge is 0.268 e. The zero-order chi connectivity index (χ0) is 34.7. The number of phosphoric acid groups is 2. The Morgan fingerprint density at radius 2 is 1.00 bits per heavy atom. The molecule has 0 aliphatic carbocycles. The lowest BCUT2D eigenvalue weighted by Gasteiger charge is -2.44. The van der Waals surface area contributed by atoms with Gasteiger partial charge < -0.3 is 65.8 Å². The zero-order valence-electron chi connectivity index (χ0n) is 28.6. The van der Waals surface area contributed by atoms with Crippen LogP contribution in [-0.4, -0.2) is 125 Å². The van der Waals surface area contributed by atoms with Gasteiger partial charge >= 0.3 is 0 Å². The molecule has 16 nitrogen and oxygen atoms in total. The molecule has 6 saturated heterocycles. The molecule has 0 aromatic rings. The largest absolute Gasteiger partial charge is 0.756 e. The third-order valence-corrected chi connectivity index (χ3v) is 12.1. The highest BCUT2D eigenvalue weighted by Gasteiger charge is 2.62. The average molecular weight is 729 g/mol. The Morgan fingerprint density at radius 3 is 1.40 bits per heavy atom. The van der Waals surface area contributed by atoms with E-state index >= 15 is 0 Å². The first-order chi connectivity index (χ1) is 22.5. The first-order valence-corrected chi connectivity index (χ1v) is 19.7. The Kier molecular flexibility index (Phi) is 11.0. The second-order valence-corrected chi connectivity index (χ2v) is 17.4. The van der Waals surface area contributed by atoms with Gasteiger partial charge in [0.15, 0.2) is 0 Å². The van der Waals surface area contributed by atoms with Crippen molar-refractivity contribution in [3.05, 3.63) is 0 Å². The zero-order valence-corrected chi connectivity index (χ0v) is 30.4. The van der Waals surface area contributed by atoms with Crippen LogP contribution in [0.2, 0.25) is 0 Å². The predicted octanol–water partition coefficient (Wildman–Crippen LogP) is 1.36. The normalized spacial score (nSPS) is 46.3. The lowest BCUT2D eigenvalue weighted by atomic mass is 9.87. The number of rotatable bonds is 15. The van der Waals surface area contributed by atoms with Crippen LogP contribution < -0.4 is 9.79 Å². The van der Waals surface area contributed by atoms with E-state index in [9.17, 15) is 18.9 Å². The van der Waals surface area contributed by atoms with Gasteiger partial charge in [0.25, 0.3) is 15.6 Å². The maximum absolute atomic E-state index is 13.4. The van der Waals surface area contributed by atoms with E-state index in [1.165, 1.54) is 0 Å². The van der Waals surface area contributed by atoms with E-state index in [-0.39, 0.29) is 75.9 Å². The third-order valence-electron chi connectivity index (χ3n) is 10.3. The molecule has 278 valence electrons. The van der Waals surface area contributed by atoms with E-state index in [1.807, 2.05) is 41.5 Å². The number of phosphoric ester groups is 2. The summed E-state index contributed by atoms with van der Waals surface area (Å²) < 4.78 is 96.8. The van der Waals surface area contributed by atoms with Crippen molar-refractivity contribution in [3.63, 3.8) is 0 Å². The predicted molar refractivity (Wildman–Crippen MR) is 161 cm³/mol. The van der Waals surface area contributed by atoms with Crippen molar-refractivity contribution in [2.24, 2.45) is 17.8 Å². The van der Waals surface area contributed by atoms with Gasteiger partial charge in [0, 0.05) is 17.8 Å². The summed E-state index contributed by atoms with van der Waals surface area (Å²) in [4.78, 5) is 26.8. The van der Waals surface area contributed by atoms with Crippen LogP contribution in [-0.2, 0) is 65.1 Å². The van der Waals surface area contributed by atoms with Crippen molar-refractivity contribution in [1.29, 1.82) is 0 Å². The van der Waals surface area contributed by atoms with Crippen LogP contribution in [0.4, 0.5) is 0 Å². The number of hydrogen-bond donors (Lipinski definition) is 0. The minimum atomic E-state index is -5.04. The second kappa shape index (κ2) is 14.0. The Bertz CT molecular complexity index is 1240. The van der Waals surface area contributed by atoms with Crippen molar-refractivity contribution >= 4 is 15.6 Å². The summed E-state index contributed by atoms with van der Waals surface area (Å²) in [5, 5.41) is 0. The summed E-state index contributed by atoms with van der Waals surface area (Å²) in [7, 11) is -10.1. The maximum atomic E-state index is 13.4. The molecule has 18 heteroatoms. The Balaban J connectivity index is 1.13. The van der Waals surface area contributed by atoms with Crippen molar-refractivity contribution in [3.8, 4) is 0 Å². The van der Waals surface area contributed by atoms with Crippen LogP contribution in [0.3, 0.4) is 0 Å². The molecule has 6 fully saturated rings. The van der Waals surface area contributed by atoms with Gasteiger partial charge in [-0.05, 0) is 48.5 Å².